The van der Waals surface area contributed by atoms with Crippen LogP contribution < -0.4 is 5.32 Å². The molecule has 0 bridgehead atoms. The summed E-state index contributed by atoms with van der Waals surface area (Å²) in [6, 6.07) is 0.584. The third-order valence-corrected chi connectivity index (χ3v) is 2.33. The van der Waals surface area contributed by atoms with Crippen LogP contribution in [0.4, 0.5) is 0 Å². The van der Waals surface area contributed by atoms with Crippen molar-refractivity contribution in [2.45, 2.75) is 39.2 Å². The van der Waals surface area contributed by atoms with Crippen molar-refractivity contribution in [1.82, 2.24) is 5.32 Å². The first-order valence-electron chi connectivity index (χ1n) is 4.93. The van der Waals surface area contributed by atoms with Crippen LogP contribution in [0, 0.1) is 0 Å². The second-order valence-corrected chi connectivity index (χ2v) is 3.36. The molecule has 0 amide bonds. The zero-order chi connectivity index (χ0) is 8.81. The van der Waals surface area contributed by atoms with E-state index in [0.29, 0.717) is 6.04 Å². The highest BCUT2D eigenvalue weighted by Crippen LogP contribution is 2.14. The first kappa shape index (κ1) is 9.53. The molecule has 0 aromatic carbocycles. The largest absolute Gasteiger partial charge is 0.311 e. The lowest BCUT2D eigenvalue weighted by molar-refractivity contribution is 0.517. The quantitative estimate of drug-likeness (QED) is 0.663. The fourth-order valence-corrected chi connectivity index (χ4v) is 1.51. The minimum Gasteiger partial charge on any atom is -0.311 e. The van der Waals surface area contributed by atoms with Gasteiger partial charge in [-0.05, 0) is 32.7 Å². The van der Waals surface area contributed by atoms with E-state index >= 15 is 0 Å². The third kappa shape index (κ3) is 2.82. The van der Waals surface area contributed by atoms with Gasteiger partial charge in [-0.3, -0.25) is 0 Å². The standard InChI is InChI=1S/C11H19N/c1-3-4-5-7-11-8-6-9-12-10(11)2/h4-5,7,10,12H,3,6,8-9H2,1-2H3/b5-4-,11-7-/t10-/m0/s1. The van der Waals surface area contributed by atoms with Crippen LogP contribution in [-0.4, -0.2) is 12.6 Å². The van der Waals surface area contributed by atoms with Crippen molar-refractivity contribution in [2.75, 3.05) is 6.54 Å². The second kappa shape index (κ2) is 5.15. The number of nitrogens with one attached hydrogen (secondary N) is 1. The van der Waals surface area contributed by atoms with Crippen LogP contribution >= 0.6 is 0 Å². The van der Waals surface area contributed by atoms with Crippen LogP contribution in [0.15, 0.2) is 23.8 Å². The molecule has 0 spiro atoms. The molecule has 0 saturated carbocycles. The Bertz CT molecular complexity index is 179. The third-order valence-electron chi connectivity index (χ3n) is 2.33. The Kier molecular flexibility index (Phi) is 4.09. The van der Waals surface area contributed by atoms with Gasteiger partial charge in [-0.25, -0.2) is 0 Å². The zero-order valence-corrected chi connectivity index (χ0v) is 8.14. The van der Waals surface area contributed by atoms with Gasteiger partial charge in [0.1, 0.15) is 0 Å². The molecule has 1 heteroatoms. The van der Waals surface area contributed by atoms with Gasteiger partial charge >= 0.3 is 0 Å². The van der Waals surface area contributed by atoms with Crippen molar-refractivity contribution in [1.29, 1.82) is 0 Å². The van der Waals surface area contributed by atoms with Gasteiger partial charge in [0.05, 0.1) is 0 Å². The Balaban J connectivity index is 2.47. The van der Waals surface area contributed by atoms with Crippen LogP contribution in [0.2, 0.25) is 0 Å². The van der Waals surface area contributed by atoms with E-state index in [0.717, 1.165) is 6.42 Å². The fourth-order valence-electron chi connectivity index (χ4n) is 1.51. The van der Waals surface area contributed by atoms with Crippen LogP contribution in [0.1, 0.15) is 33.1 Å². The SMILES string of the molecule is CC/C=C\C=C1\CCCN[C@H]1C. The summed E-state index contributed by atoms with van der Waals surface area (Å²) in [5, 5.41) is 3.46. The second-order valence-electron chi connectivity index (χ2n) is 3.36. The maximum Gasteiger partial charge on any atom is 0.0254 e. The molecule has 0 aromatic heterocycles. The van der Waals surface area contributed by atoms with Crippen LogP contribution in [0.25, 0.3) is 0 Å². The highest BCUT2D eigenvalue weighted by atomic mass is 14.9. The van der Waals surface area contributed by atoms with Gasteiger partial charge in [0, 0.05) is 6.04 Å². The van der Waals surface area contributed by atoms with Gasteiger partial charge in [-0.15, -0.1) is 0 Å². The Morgan fingerprint density at radius 1 is 1.58 bits per heavy atom. The summed E-state index contributed by atoms with van der Waals surface area (Å²) >= 11 is 0. The predicted octanol–water partition coefficient (Wildman–Crippen LogP) is 2.65. The van der Waals surface area contributed by atoms with E-state index in [1.807, 2.05) is 0 Å². The molecule has 1 saturated heterocycles. The van der Waals surface area contributed by atoms with E-state index in [2.05, 4.69) is 37.4 Å². The molecule has 1 heterocycles. The molecule has 0 aliphatic carbocycles. The molecule has 1 aliphatic rings. The number of hydrogen-bond donors (Lipinski definition) is 1. The van der Waals surface area contributed by atoms with Crippen molar-refractivity contribution in [2.24, 2.45) is 0 Å². The van der Waals surface area contributed by atoms with Gasteiger partial charge in [0.2, 0.25) is 0 Å². The number of hydrogen-bond acceptors (Lipinski definition) is 1. The molecular weight excluding hydrogens is 146 g/mol. The topological polar surface area (TPSA) is 12.0 Å². The Morgan fingerprint density at radius 3 is 3.08 bits per heavy atom. The van der Waals surface area contributed by atoms with Crippen LogP contribution in [0.3, 0.4) is 0 Å². The summed E-state index contributed by atoms with van der Waals surface area (Å²) in [6.07, 6.45) is 10.3. The Hall–Kier alpha value is -0.560. The molecule has 1 atom stereocenters. The Morgan fingerprint density at radius 2 is 2.42 bits per heavy atom. The van der Waals surface area contributed by atoms with E-state index in [9.17, 15) is 0 Å². The predicted molar refractivity (Wildman–Crippen MR) is 54.2 cm³/mol. The summed E-state index contributed by atoms with van der Waals surface area (Å²) in [5.74, 6) is 0. The molecule has 1 aliphatic heterocycles. The maximum atomic E-state index is 3.46. The molecule has 1 rings (SSSR count). The molecule has 1 nitrogen and oxygen atoms in total. The van der Waals surface area contributed by atoms with Gasteiger partial charge in [0.15, 0.2) is 0 Å². The van der Waals surface area contributed by atoms with Crippen molar-refractivity contribution in [3.05, 3.63) is 23.8 Å². The minimum absolute atomic E-state index is 0.584. The average Bonchev–Trinajstić information content (AvgIpc) is 2.09. The normalized spacial score (nSPS) is 28.5. The molecule has 0 aromatic rings. The van der Waals surface area contributed by atoms with E-state index in [1.165, 1.54) is 19.4 Å². The first-order valence-corrected chi connectivity index (χ1v) is 4.93. The van der Waals surface area contributed by atoms with Gasteiger partial charge in [0.25, 0.3) is 0 Å². The number of piperidine rings is 1. The lowest BCUT2D eigenvalue weighted by Gasteiger charge is -2.22. The van der Waals surface area contributed by atoms with Crippen molar-refractivity contribution in [3.8, 4) is 0 Å². The van der Waals surface area contributed by atoms with Crippen molar-refractivity contribution < 1.29 is 0 Å². The van der Waals surface area contributed by atoms with Crippen molar-refractivity contribution >= 4 is 0 Å². The molecule has 1 N–H and O–H groups in total. The van der Waals surface area contributed by atoms with Crippen LogP contribution in [0.5, 0.6) is 0 Å². The van der Waals surface area contributed by atoms with Gasteiger partial charge in [-0.1, -0.05) is 30.7 Å². The lowest BCUT2D eigenvalue weighted by Crippen LogP contribution is -2.33. The van der Waals surface area contributed by atoms with E-state index in [-0.39, 0.29) is 0 Å². The summed E-state index contributed by atoms with van der Waals surface area (Å²) in [4.78, 5) is 0. The van der Waals surface area contributed by atoms with Gasteiger partial charge in [-0.2, -0.15) is 0 Å². The van der Waals surface area contributed by atoms with Gasteiger partial charge < -0.3 is 5.32 Å². The fraction of sp³-hybridized carbons (Fsp3) is 0.636. The highest BCUT2D eigenvalue weighted by molar-refractivity contribution is 5.18. The lowest BCUT2D eigenvalue weighted by atomic mass is 9.99. The smallest absolute Gasteiger partial charge is 0.0254 e. The summed E-state index contributed by atoms with van der Waals surface area (Å²) in [7, 11) is 0. The molecule has 1 fully saturated rings. The molecule has 12 heavy (non-hydrogen) atoms. The maximum absolute atomic E-state index is 3.46. The number of allylic oxidation sites excluding steroid dienone is 3. The highest BCUT2D eigenvalue weighted by Gasteiger charge is 2.11. The van der Waals surface area contributed by atoms with E-state index < -0.39 is 0 Å². The average molecular weight is 165 g/mol. The summed E-state index contributed by atoms with van der Waals surface area (Å²) in [6.45, 7) is 5.58. The minimum atomic E-state index is 0.584. The summed E-state index contributed by atoms with van der Waals surface area (Å²) < 4.78 is 0. The Labute approximate surface area is 75.6 Å². The zero-order valence-electron chi connectivity index (χ0n) is 8.14. The summed E-state index contributed by atoms with van der Waals surface area (Å²) in [5.41, 5.74) is 1.55. The van der Waals surface area contributed by atoms with Crippen molar-refractivity contribution in [3.63, 3.8) is 0 Å². The van der Waals surface area contributed by atoms with Crippen LogP contribution in [-0.2, 0) is 0 Å². The molecule has 0 unspecified atom stereocenters. The molecule has 68 valence electrons. The number of rotatable bonds is 2. The monoisotopic (exact) mass is 165 g/mol. The van der Waals surface area contributed by atoms with E-state index in [4.69, 9.17) is 0 Å². The molecule has 0 radical (unpaired) electrons. The molecular formula is C11H19N. The first-order chi connectivity index (χ1) is 5.84. The van der Waals surface area contributed by atoms with E-state index in [1.54, 1.807) is 5.57 Å².